The number of hydrogen-bond donors (Lipinski definition) is 1. The molecule has 0 aliphatic rings. The molecule has 0 radical (unpaired) electrons. The summed E-state index contributed by atoms with van der Waals surface area (Å²) >= 11 is 3.47. The van der Waals surface area contributed by atoms with Crippen molar-refractivity contribution in [1.82, 2.24) is 19.7 Å². The maximum atomic E-state index is 12.7. The van der Waals surface area contributed by atoms with Crippen LogP contribution in [0.15, 0.2) is 77.7 Å². The number of carbonyl (C=O) groups excluding carboxylic acids is 1. The summed E-state index contributed by atoms with van der Waals surface area (Å²) in [5, 5.41) is 7.26. The number of aryl methyl sites for hydroxylation is 1. The summed E-state index contributed by atoms with van der Waals surface area (Å²) in [6.45, 7) is 2.44. The number of amides is 1. The van der Waals surface area contributed by atoms with Gasteiger partial charge in [-0.3, -0.25) is 19.4 Å². The van der Waals surface area contributed by atoms with E-state index in [2.05, 4.69) is 36.3 Å². The van der Waals surface area contributed by atoms with Gasteiger partial charge in [0.15, 0.2) is 5.82 Å². The van der Waals surface area contributed by atoms with Gasteiger partial charge >= 0.3 is 0 Å². The van der Waals surface area contributed by atoms with E-state index in [1.165, 1.54) is 0 Å². The van der Waals surface area contributed by atoms with Crippen molar-refractivity contribution in [3.63, 3.8) is 0 Å². The molecule has 0 aliphatic carbocycles. The minimum Gasteiger partial charge on any atom is -0.305 e. The maximum absolute atomic E-state index is 12.7. The van der Waals surface area contributed by atoms with Crippen LogP contribution in [0.5, 0.6) is 0 Å². The normalized spacial score (nSPS) is 10.7. The van der Waals surface area contributed by atoms with E-state index in [1.807, 2.05) is 55.6 Å². The molecule has 0 saturated heterocycles. The number of pyridine rings is 2. The number of nitrogens with one attached hydrogen (secondary N) is 1. The second-order valence-electron chi connectivity index (χ2n) is 6.55. The maximum Gasteiger partial charge on any atom is 0.258 e. The Labute approximate surface area is 176 Å². The number of rotatable bonds is 5. The van der Waals surface area contributed by atoms with Crippen LogP contribution in [0.25, 0.3) is 11.3 Å². The minimum atomic E-state index is -0.232. The van der Waals surface area contributed by atoms with Gasteiger partial charge in [-0.05, 0) is 48.9 Å². The fraction of sp³-hybridized carbons (Fsp3) is 0.0909. The highest BCUT2D eigenvalue weighted by Gasteiger charge is 2.13. The summed E-state index contributed by atoms with van der Waals surface area (Å²) in [6.07, 6.45) is 5.32. The highest BCUT2D eigenvalue weighted by molar-refractivity contribution is 9.10. The van der Waals surface area contributed by atoms with Crippen LogP contribution in [0.1, 0.15) is 21.6 Å². The summed E-state index contributed by atoms with van der Waals surface area (Å²) in [5.74, 6) is 0.268. The van der Waals surface area contributed by atoms with Gasteiger partial charge < -0.3 is 5.32 Å². The van der Waals surface area contributed by atoms with E-state index in [1.54, 1.807) is 29.2 Å². The third-order valence-corrected chi connectivity index (χ3v) is 4.92. The van der Waals surface area contributed by atoms with Gasteiger partial charge in [-0.2, -0.15) is 5.10 Å². The predicted octanol–water partition coefficient (Wildman–Crippen LogP) is 4.71. The third kappa shape index (κ3) is 4.57. The smallest absolute Gasteiger partial charge is 0.258 e. The van der Waals surface area contributed by atoms with Crippen LogP contribution < -0.4 is 5.32 Å². The number of halogens is 1. The van der Waals surface area contributed by atoms with E-state index >= 15 is 0 Å². The van der Waals surface area contributed by atoms with Gasteiger partial charge in [0.2, 0.25) is 0 Å². The summed E-state index contributed by atoms with van der Waals surface area (Å²) in [6, 6.07) is 17.2. The van der Waals surface area contributed by atoms with Gasteiger partial charge in [0.1, 0.15) is 0 Å². The van der Waals surface area contributed by atoms with Gasteiger partial charge in [0, 0.05) is 34.7 Å². The Bertz CT molecular complexity index is 1160. The molecule has 0 fully saturated rings. The van der Waals surface area contributed by atoms with Gasteiger partial charge in [0.25, 0.3) is 5.91 Å². The Kier molecular flexibility index (Phi) is 5.48. The fourth-order valence-corrected chi connectivity index (χ4v) is 3.38. The Morgan fingerprint density at radius 2 is 1.93 bits per heavy atom. The van der Waals surface area contributed by atoms with E-state index in [0.29, 0.717) is 23.6 Å². The molecule has 0 spiro atoms. The molecule has 4 rings (SSSR count). The van der Waals surface area contributed by atoms with E-state index in [9.17, 15) is 4.79 Å². The van der Waals surface area contributed by atoms with E-state index in [0.717, 1.165) is 21.3 Å². The van der Waals surface area contributed by atoms with E-state index in [4.69, 9.17) is 0 Å². The highest BCUT2D eigenvalue weighted by Crippen LogP contribution is 2.23. The second-order valence-corrected chi connectivity index (χ2v) is 7.46. The lowest BCUT2D eigenvalue weighted by molar-refractivity contribution is 0.102. The van der Waals surface area contributed by atoms with Crippen LogP contribution in [-0.4, -0.2) is 25.7 Å². The van der Waals surface area contributed by atoms with Crippen LogP contribution >= 0.6 is 15.9 Å². The Hall–Kier alpha value is -3.32. The topological polar surface area (TPSA) is 72.7 Å². The number of carbonyl (C=O) groups is 1. The zero-order chi connectivity index (χ0) is 20.2. The molecule has 4 aromatic rings. The molecule has 1 amide bonds. The molecule has 7 heteroatoms. The lowest BCUT2D eigenvalue weighted by Gasteiger charge is -2.08. The SMILES string of the molecule is Cc1nc(-c2cccc(Br)c2)ccc1C(=O)Nc1ccn(Cc2ccncc2)n1. The van der Waals surface area contributed by atoms with Crippen molar-refractivity contribution in [1.29, 1.82) is 0 Å². The Morgan fingerprint density at radius 3 is 2.69 bits per heavy atom. The summed E-state index contributed by atoms with van der Waals surface area (Å²) in [7, 11) is 0. The molecule has 3 heterocycles. The molecule has 3 aromatic heterocycles. The Morgan fingerprint density at radius 1 is 1.10 bits per heavy atom. The predicted molar refractivity (Wildman–Crippen MR) is 116 cm³/mol. The van der Waals surface area contributed by atoms with Crippen LogP contribution in [0, 0.1) is 6.92 Å². The average Bonchev–Trinajstić information content (AvgIpc) is 3.15. The molecular formula is C22H18BrN5O. The largest absolute Gasteiger partial charge is 0.305 e. The van der Waals surface area contributed by atoms with Crippen LogP contribution in [0.4, 0.5) is 5.82 Å². The first kappa shape index (κ1) is 19.0. The lowest BCUT2D eigenvalue weighted by atomic mass is 10.1. The summed E-state index contributed by atoms with van der Waals surface area (Å²) < 4.78 is 2.76. The number of nitrogens with zero attached hydrogens (tertiary/aromatic N) is 4. The van der Waals surface area contributed by atoms with Crippen molar-refractivity contribution in [3.05, 3.63) is 94.5 Å². The lowest BCUT2D eigenvalue weighted by Crippen LogP contribution is -2.15. The standard InChI is InChI=1S/C22H18BrN5O/c1-15-19(5-6-20(25-15)17-3-2-4-18(23)13-17)22(29)26-21-9-12-28(27-21)14-16-7-10-24-11-8-16/h2-13H,14H2,1H3,(H,26,27,29). The first-order chi connectivity index (χ1) is 14.1. The van der Waals surface area contributed by atoms with Gasteiger partial charge in [0.05, 0.1) is 23.5 Å². The molecule has 0 saturated carbocycles. The fourth-order valence-electron chi connectivity index (χ4n) is 2.98. The van der Waals surface area contributed by atoms with Crippen molar-refractivity contribution in [2.24, 2.45) is 0 Å². The zero-order valence-corrected chi connectivity index (χ0v) is 17.3. The molecule has 0 unspecified atom stereocenters. The van der Waals surface area contributed by atoms with Crippen molar-refractivity contribution in [3.8, 4) is 11.3 Å². The number of aromatic nitrogens is 4. The van der Waals surface area contributed by atoms with Gasteiger partial charge in [-0.15, -0.1) is 0 Å². The first-order valence-electron chi connectivity index (χ1n) is 9.06. The minimum absolute atomic E-state index is 0.232. The van der Waals surface area contributed by atoms with Gasteiger partial charge in [-0.1, -0.05) is 28.1 Å². The first-order valence-corrected chi connectivity index (χ1v) is 9.85. The van der Waals surface area contributed by atoms with Crippen molar-refractivity contribution in [2.45, 2.75) is 13.5 Å². The number of hydrogen-bond acceptors (Lipinski definition) is 4. The monoisotopic (exact) mass is 447 g/mol. The molecule has 1 N–H and O–H groups in total. The molecule has 6 nitrogen and oxygen atoms in total. The van der Waals surface area contributed by atoms with E-state index < -0.39 is 0 Å². The quantitative estimate of drug-likeness (QED) is 0.480. The summed E-state index contributed by atoms with van der Waals surface area (Å²) in [5.41, 5.74) is 4.08. The van der Waals surface area contributed by atoms with Crippen molar-refractivity contribution in [2.75, 3.05) is 5.32 Å². The highest BCUT2D eigenvalue weighted by atomic mass is 79.9. The van der Waals surface area contributed by atoms with Crippen LogP contribution in [0.3, 0.4) is 0 Å². The van der Waals surface area contributed by atoms with Crippen LogP contribution in [0.2, 0.25) is 0 Å². The number of benzene rings is 1. The Balaban J connectivity index is 1.47. The summed E-state index contributed by atoms with van der Waals surface area (Å²) in [4.78, 5) is 21.3. The van der Waals surface area contributed by atoms with E-state index in [-0.39, 0.29) is 5.91 Å². The second kappa shape index (κ2) is 8.36. The molecule has 0 atom stereocenters. The van der Waals surface area contributed by atoms with Crippen molar-refractivity contribution < 1.29 is 4.79 Å². The average molecular weight is 448 g/mol. The van der Waals surface area contributed by atoms with Crippen molar-refractivity contribution >= 4 is 27.7 Å². The number of anilines is 1. The van der Waals surface area contributed by atoms with Crippen LogP contribution in [-0.2, 0) is 6.54 Å². The third-order valence-electron chi connectivity index (χ3n) is 4.43. The molecule has 0 bridgehead atoms. The molecule has 29 heavy (non-hydrogen) atoms. The van der Waals surface area contributed by atoms with Gasteiger partial charge in [-0.25, -0.2) is 0 Å². The molecule has 0 aliphatic heterocycles. The molecular weight excluding hydrogens is 430 g/mol. The molecule has 144 valence electrons. The molecule has 1 aromatic carbocycles. The zero-order valence-electron chi connectivity index (χ0n) is 15.7.